The van der Waals surface area contributed by atoms with Crippen LogP contribution >= 0.6 is 0 Å². The van der Waals surface area contributed by atoms with E-state index in [-0.39, 0.29) is 6.61 Å². The Morgan fingerprint density at radius 1 is 0.923 bits per heavy atom. The second-order valence-electron chi connectivity index (χ2n) is 5.90. The molecule has 0 aromatic heterocycles. The molecule has 0 spiro atoms. The predicted octanol–water partition coefficient (Wildman–Crippen LogP) is 2.20. The van der Waals surface area contributed by atoms with Gasteiger partial charge < -0.3 is 33.2 Å². The summed E-state index contributed by atoms with van der Waals surface area (Å²) in [7, 11) is 7.75. The third-order valence-electron chi connectivity index (χ3n) is 4.52. The lowest BCUT2D eigenvalue weighted by molar-refractivity contribution is -0.424. The summed E-state index contributed by atoms with van der Waals surface area (Å²) in [4.78, 5) is 0. The molecule has 7 nitrogen and oxygen atoms in total. The zero-order valence-corrected chi connectivity index (χ0v) is 16.3. The molecule has 1 aromatic carbocycles. The summed E-state index contributed by atoms with van der Waals surface area (Å²) in [5.41, 5.74) is 0.697. The summed E-state index contributed by atoms with van der Waals surface area (Å²) in [6.07, 6.45) is -0.484. The smallest absolute Gasteiger partial charge is 0.221 e. The summed E-state index contributed by atoms with van der Waals surface area (Å²) < 4.78 is 38.7. The Hall–Kier alpha value is -1.98. The molecule has 1 saturated heterocycles. The van der Waals surface area contributed by atoms with Crippen LogP contribution in [0, 0.1) is 11.8 Å². The minimum atomic E-state index is -1.09. The Morgan fingerprint density at radius 2 is 1.50 bits per heavy atom. The van der Waals surface area contributed by atoms with Crippen LogP contribution in [-0.2, 0) is 18.9 Å². The highest BCUT2D eigenvalue weighted by molar-refractivity contribution is 5.57. The minimum absolute atomic E-state index is 0.251. The summed E-state index contributed by atoms with van der Waals surface area (Å²) in [5, 5.41) is 0. The van der Waals surface area contributed by atoms with Gasteiger partial charge in [-0.15, -0.1) is 0 Å². The molecule has 1 aliphatic heterocycles. The number of ether oxygens (including phenoxy) is 7. The van der Waals surface area contributed by atoms with Crippen LogP contribution in [0.25, 0.3) is 0 Å². The van der Waals surface area contributed by atoms with Crippen LogP contribution in [0.1, 0.15) is 19.4 Å². The first-order valence-electron chi connectivity index (χ1n) is 8.10. The number of hydrogen-bond donors (Lipinski definition) is 0. The molecule has 1 aromatic rings. The number of rotatable bonds is 5. The molecule has 1 heterocycles. The molecule has 0 bridgehead atoms. The lowest BCUT2D eigenvalue weighted by Gasteiger charge is -2.47. The van der Waals surface area contributed by atoms with Gasteiger partial charge in [0.15, 0.2) is 11.5 Å². The summed E-state index contributed by atoms with van der Waals surface area (Å²) in [6, 6.07) is 3.54. The maximum absolute atomic E-state index is 5.98. The van der Waals surface area contributed by atoms with Crippen LogP contribution < -0.4 is 14.2 Å². The van der Waals surface area contributed by atoms with Gasteiger partial charge in [0.2, 0.25) is 17.3 Å². The van der Waals surface area contributed by atoms with E-state index in [0.717, 1.165) is 0 Å². The van der Waals surface area contributed by atoms with E-state index in [9.17, 15) is 0 Å². The number of methoxy groups -OCH3 is 5. The highest BCUT2D eigenvalue weighted by atomic mass is 16.8. The Balaban J connectivity index is 2.27. The first kappa shape index (κ1) is 20.3. The molecule has 1 fully saturated rings. The standard InChI is InChI=1S/C19H26O7/c1-18(23-6)19(2,24-7)26-14(12-25-18)9-8-13-10-15(20-3)17(22-5)16(11-13)21-4/h10-11,14H,12H2,1-7H3/t14-,18+,19+/m0/s1. The summed E-state index contributed by atoms with van der Waals surface area (Å²) in [6.45, 7) is 3.77. The SMILES string of the molecule is COc1cc(C#C[C@H]2CO[C@@](C)(OC)[C@](C)(OC)O2)cc(OC)c1OC. The number of hydrogen-bond acceptors (Lipinski definition) is 7. The molecular weight excluding hydrogens is 340 g/mol. The van der Waals surface area contributed by atoms with Gasteiger partial charge in [0.1, 0.15) is 6.10 Å². The van der Waals surface area contributed by atoms with Crippen LogP contribution in [0.5, 0.6) is 17.2 Å². The van der Waals surface area contributed by atoms with E-state index < -0.39 is 17.7 Å². The molecule has 2 rings (SSSR count). The van der Waals surface area contributed by atoms with Crippen molar-refractivity contribution in [3.8, 4) is 29.1 Å². The quantitative estimate of drug-likeness (QED) is 0.740. The van der Waals surface area contributed by atoms with Crippen molar-refractivity contribution in [3.05, 3.63) is 17.7 Å². The first-order chi connectivity index (χ1) is 12.4. The zero-order valence-electron chi connectivity index (χ0n) is 16.3. The third kappa shape index (κ3) is 3.74. The normalized spacial score (nSPS) is 28.0. The maximum atomic E-state index is 5.98. The Kier molecular flexibility index (Phi) is 6.37. The molecule has 1 aliphatic rings. The van der Waals surface area contributed by atoms with Gasteiger partial charge in [-0.2, -0.15) is 0 Å². The van der Waals surface area contributed by atoms with Gasteiger partial charge in [-0.25, -0.2) is 0 Å². The van der Waals surface area contributed by atoms with E-state index in [4.69, 9.17) is 33.2 Å². The molecule has 0 radical (unpaired) electrons. The van der Waals surface area contributed by atoms with Gasteiger partial charge in [-0.1, -0.05) is 11.8 Å². The van der Waals surface area contributed by atoms with Crippen molar-refractivity contribution in [2.24, 2.45) is 0 Å². The molecular formula is C19H26O7. The van der Waals surface area contributed by atoms with E-state index >= 15 is 0 Å². The average molecular weight is 366 g/mol. The third-order valence-corrected chi connectivity index (χ3v) is 4.52. The van der Waals surface area contributed by atoms with Gasteiger partial charge >= 0.3 is 0 Å². The number of benzene rings is 1. The molecule has 3 atom stereocenters. The van der Waals surface area contributed by atoms with Crippen molar-refractivity contribution >= 4 is 0 Å². The van der Waals surface area contributed by atoms with Crippen molar-refractivity contribution in [1.29, 1.82) is 0 Å². The van der Waals surface area contributed by atoms with Crippen LogP contribution in [0.4, 0.5) is 0 Å². The molecule has 7 heteroatoms. The fraction of sp³-hybridized carbons (Fsp3) is 0.579. The van der Waals surface area contributed by atoms with E-state index in [1.807, 2.05) is 0 Å². The lowest BCUT2D eigenvalue weighted by atomic mass is 10.1. The van der Waals surface area contributed by atoms with Gasteiger partial charge in [0.05, 0.1) is 27.9 Å². The van der Waals surface area contributed by atoms with Crippen molar-refractivity contribution < 1.29 is 33.2 Å². The van der Waals surface area contributed by atoms with Gasteiger partial charge in [0.25, 0.3) is 0 Å². The molecule has 26 heavy (non-hydrogen) atoms. The van der Waals surface area contributed by atoms with Gasteiger partial charge in [-0.05, 0) is 26.0 Å². The molecule has 144 valence electrons. The average Bonchev–Trinajstić information content (AvgIpc) is 2.67. The van der Waals surface area contributed by atoms with Crippen LogP contribution in [-0.4, -0.2) is 59.8 Å². The Labute approximate surface area is 154 Å². The monoisotopic (exact) mass is 366 g/mol. The zero-order chi connectivity index (χ0) is 19.4. The van der Waals surface area contributed by atoms with E-state index in [0.29, 0.717) is 22.8 Å². The van der Waals surface area contributed by atoms with E-state index in [2.05, 4.69) is 11.8 Å². The second kappa shape index (κ2) is 8.14. The van der Waals surface area contributed by atoms with Gasteiger partial charge in [0, 0.05) is 19.8 Å². The van der Waals surface area contributed by atoms with Crippen molar-refractivity contribution in [2.75, 3.05) is 42.2 Å². The maximum Gasteiger partial charge on any atom is 0.221 e. The fourth-order valence-corrected chi connectivity index (χ4v) is 2.64. The molecule has 0 N–H and O–H groups in total. The second-order valence-corrected chi connectivity index (χ2v) is 5.90. The topological polar surface area (TPSA) is 64.6 Å². The van der Waals surface area contributed by atoms with Crippen molar-refractivity contribution in [1.82, 2.24) is 0 Å². The summed E-state index contributed by atoms with van der Waals surface area (Å²) >= 11 is 0. The Morgan fingerprint density at radius 3 is 1.96 bits per heavy atom. The Bertz CT molecular complexity index is 668. The molecule has 0 saturated carbocycles. The van der Waals surface area contributed by atoms with Gasteiger partial charge in [-0.3, -0.25) is 0 Å². The minimum Gasteiger partial charge on any atom is -0.493 e. The largest absolute Gasteiger partial charge is 0.493 e. The predicted molar refractivity (Wildman–Crippen MR) is 94.6 cm³/mol. The summed E-state index contributed by atoms with van der Waals surface area (Å²) in [5.74, 6) is 5.57. The van der Waals surface area contributed by atoms with Crippen LogP contribution in [0.2, 0.25) is 0 Å². The van der Waals surface area contributed by atoms with Crippen LogP contribution in [0.3, 0.4) is 0 Å². The van der Waals surface area contributed by atoms with E-state index in [1.54, 1.807) is 54.4 Å². The molecule has 0 unspecified atom stereocenters. The lowest BCUT2D eigenvalue weighted by Crippen LogP contribution is -2.62. The molecule has 0 amide bonds. The highest BCUT2D eigenvalue weighted by Gasteiger charge is 2.53. The van der Waals surface area contributed by atoms with E-state index in [1.165, 1.54) is 7.11 Å². The highest BCUT2D eigenvalue weighted by Crippen LogP contribution is 2.38. The van der Waals surface area contributed by atoms with Crippen LogP contribution in [0.15, 0.2) is 12.1 Å². The first-order valence-corrected chi connectivity index (χ1v) is 8.10. The molecule has 0 aliphatic carbocycles. The fourth-order valence-electron chi connectivity index (χ4n) is 2.64. The van der Waals surface area contributed by atoms with Crippen molar-refractivity contribution in [2.45, 2.75) is 31.5 Å². The van der Waals surface area contributed by atoms with Crippen molar-refractivity contribution in [3.63, 3.8) is 0 Å².